The lowest BCUT2D eigenvalue weighted by Crippen LogP contribution is -2.40. The fourth-order valence-corrected chi connectivity index (χ4v) is 1.72. The Kier molecular flexibility index (Phi) is 6.21. The molecule has 0 fully saturated rings. The van der Waals surface area contributed by atoms with Crippen LogP contribution in [0.3, 0.4) is 0 Å². The van der Waals surface area contributed by atoms with E-state index in [0.717, 1.165) is 10.3 Å². The molecule has 1 aromatic carbocycles. The molecule has 0 aliphatic rings. The molecule has 1 atom stereocenters. The predicted molar refractivity (Wildman–Crippen MR) is 83.3 cm³/mol. The molecule has 0 spiro atoms. The Bertz CT molecular complexity index is 478. The topological polar surface area (TPSA) is 64.4 Å². The molecule has 0 saturated carbocycles. The van der Waals surface area contributed by atoms with Gasteiger partial charge in [-0.3, -0.25) is 0 Å². The fourth-order valence-electron chi connectivity index (χ4n) is 1.72. The van der Waals surface area contributed by atoms with Crippen molar-refractivity contribution in [3.63, 3.8) is 0 Å². The molecular formula is C16H24N2O3. The normalized spacial score (nSPS) is 13.6. The van der Waals surface area contributed by atoms with Crippen molar-refractivity contribution in [2.24, 2.45) is 0 Å². The van der Waals surface area contributed by atoms with Gasteiger partial charge in [-0.2, -0.15) is 0 Å². The lowest BCUT2D eigenvalue weighted by Gasteiger charge is -2.21. The lowest BCUT2D eigenvalue weighted by atomic mass is 10.2. The first kappa shape index (κ1) is 17.0. The molecule has 5 nitrogen and oxygen atoms in total. The third-order valence-electron chi connectivity index (χ3n) is 2.67. The fraction of sp³-hybridized carbons (Fsp3) is 0.500. The predicted octanol–water partition coefficient (Wildman–Crippen LogP) is 3.07. The van der Waals surface area contributed by atoms with Gasteiger partial charge in [0.2, 0.25) is 0 Å². The number of hydroxylamine groups is 1. The van der Waals surface area contributed by atoms with Crippen molar-refractivity contribution in [3.8, 4) is 0 Å². The maximum absolute atomic E-state index is 11.9. The van der Waals surface area contributed by atoms with Crippen LogP contribution >= 0.6 is 0 Å². The number of hydrogen-bond acceptors (Lipinski definition) is 3. The van der Waals surface area contributed by atoms with Gasteiger partial charge in [-0.05, 0) is 27.2 Å². The lowest BCUT2D eigenvalue weighted by molar-refractivity contribution is -0.471. The maximum Gasteiger partial charge on any atom is 0.408 e. The van der Waals surface area contributed by atoms with E-state index < -0.39 is 11.7 Å². The first-order chi connectivity index (χ1) is 9.80. The summed E-state index contributed by atoms with van der Waals surface area (Å²) in [5, 5.41) is 14.6. The van der Waals surface area contributed by atoms with Crippen molar-refractivity contribution < 1.29 is 14.3 Å². The Labute approximate surface area is 126 Å². The number of carbonyl (C=O) groups excluding carboxylic acids is 1. The number of ether oxygens (including phenoxy) is 1. The number of hydrogen-bond donors (Lipinski definition) is 1. The van der Waals surface area contributed by atoms with E-state index in [1.54, 1.807) is 20.8 Å². The van der Waals surface area contributed by atoms with Gasteiger partial charge in [-0.1, -0.05) is 37.3 Å². The molecule has 0 bridgehead atoms. The van der Waals surface area contributed by atoms with Gasteiger partial charge in [0, 0.05) is 5.56 Å². The van der Waals surface area contributed by atoms with E-state index in [1.807, 2.05) is 37.3 Å². The molecule has 0 radical (unpaired) electrons. The molecule has 0 aliphatic carbocycles. The SMILES string of the molecule is CCC(C=[N+]([O-])Cc1ccccc1)NC(=O)OC(C)(C)C. The Morgan fingerprint density at radius 2 is 2.00 bits per heavy atom. The molecule has 5 heteroatoms. The van der Waals surface area contributed by atoms with Gasteiger partial charge in [-0.25, -0.2) is 9.53 Å². The Morgan fingerprint density at radius 3 is 2.52 bits per heavy atom. The second-order valence-electron chi connectivity index (χ2n) is 5.87. The minimum atomic E-state index is -0.552. The van der Waals surface area contributed by atoms with Crippen LogP contribution < -0.4 is 5.32 Å². The summed E-state index contributed by atoms with van der Waals surface area (Å²) in [7, 11) is 0. The summed E-state index contributed by atoms with van der Waals surface area (Å²) in [5.41, 5.74) is 0.375. The van der Waals surface area contributed by atoms with Crippen molar-refractivity contribution in [2.45, 2.75) is 52.3 Å². The van der Waals surface area contributed by atoms with E-state index >= 15 is 0 Å². The first-order valence-corrected chi connectivity index (χ1v) is 7.12. The largest absolute Gasteiger partial charge is 0.624 e. The van der Waals surface area contributed by atoms with Gasteiger partial charge in [-0.15, -0.1) is 0 Å². The van der Waals surface area contributed by atoms with E-state index in [2.05, 4.69) is 5.32 Å². The van der Waals surface area contributed by atoms with E-state index in [9.17, 15) is 10.0 Å². The average Bonchev–Trinajstić information content (AvgIpc) is 2.36. The summed E-state index contributed by atoms with van der Waals surface area (Å²) in [5.74, 6) is 0. The van der Waals surface area contributed by atoms with E-state index in [0.29, 0.717) is 6.42 Å². The molecular weight excluding hydrogens is 268 g/mol. The quantitative estimate of drug-likeness (QED) is 0.392. The standard InChI is InChI=1S/C16H24N2O3/c1-5-14(17-15(19)21-16(2,3)4)12-18(20)11-13-9-7-6-8-10-13/h6-10,12,14H,5,11H2,1-4H3,(H,17,19). The molecule has 21 heavy (non-hydrogen) atoms. The zero-order chi connectivity index (χ0) is 15.9. The molecule has 1 unspecified atom stereocenters. The molecule has 1 amide bonds. The minimum Gasteiger partial charge on any atom is -0.624 e. The summed E-state index contributed by atoms with van der Waals surface area (Å²) in [4.78, 5) is 11.7. The smallest absolute Gasteiger partial charge is 0.408 e. The van der Waals surface area contributed by atoms with Crippen LogP contribution in [0.5, 0.6) is 0 Å². The number of benzene rings is 1. The van der Waals surface area contributed by atoms with Crippen molar-refractivity contribution >= 4 is 12.3 Å². The number of amides is 1. The molecule has 1 N–H and O–H groups in total. The summed E-state index contributed by atoms with van der Waals surface area (Å²) >= 11 is 0. The van der Waals surface area contributed by atoms with Crippen molar-refractivity contribution in [3.05, 3.63) is 41.1 Å². The molecule has 0 aromatic heterocycles. The van der Waals surface area contributed by atoms with E-state index in [1.165, 1.54) is 6.21 Å². The van der Waals surface area contributed by atoms with Gasteiger partial charge in [0.05, 0.1) is 0 Å². The van der Waals surface area contributed by atoms with E-state index in [4.69, 9.17) is 4.74 Å². The zero-order valence-electron chi connectivity index (χ0n) is 13.1. The van der Waals surface area contributed by atoms with Crippen LogP contribution in [0.1, 0.15) is 39.7 Å². The monoisotopic (exact) mass is 292 g/mol. The summed E-state index contributed by atoms with van der Waals surface area (Å²) < 4.78 is 6.01. The minimum absolute atomic E-state index is 0.257. The number of alkyl carbamates (subject to hydrolysis) is 1. The van der Waals surface area contributed by atoms with Crippen LogP contribution in [0, 0.1) is 5.21 Å². The second-order valence-corrected chi connectivity index (χ2v) is 5.87. The number of nitrogens with one attached hydrogen (secondary N) is 1. The molecule has 0 heterocycles. The van der Waals surface area contributed by atoms with Gasteiger partial charge in [0.25, 0.3) is 0 Å². The Hall–Kier alpha value is -2.04. The van der Waals surface area contributed by atoms with Gasteiger partial charge in [0.1, 0.15) is 11.6 Å². The highest BCUT2D eigenvalue weighted by molar-refractivity contribution is 5.73. The molecule has 0 saturated heterocycles. The van der Waals surface area contributed by atoms with Crippen molar-refractivity contribution in [2.75, 3.05) is 0 Å². The number of nitrogens with zero attached hydrogens (tertiary/aromatic N) is 1. The maximum atomic E-state index is 11.9. The average molecular weight is 292 g/mol. The van der Waals surface area contributed by atoms with Crippen LogP contribution in [-0.4, -0.2) is 28.7 Å². The summed E-state index contributed by atoms with van der Waals surface area (Å²) in [6, 6.07) is 9.11. The Balaban J connectivity index is 2.59. The van der Waals surface area contributed by atoms with Gasteiger partial charge >= 0.3 is 6.09 Å². The Morgan fingerprint density at radius 1 is 1.38 bits per heavy atom. The molecule has 116 valence electrons. The van der Waals surface area contributed by atoms with Gasteiger partial charge < -0.3 is 15.3 Å². The highest BCUT2D eigenvalue weighted by atomic mass is 16.6. The van der Waals surface area contributed by atoms with E-state index in [-0.39, 0.29) is 12.6 Å². The van der Waals surface area contributed by atoms with Crippen molar-refractivity contribution in [1.82, 2.24) is 5.32 Å². The van der Waals surface area contributed by atoms with Gasteiger partial charge in [0.15, 0.2) is 12.8 Å². The zero-order valence-corrected chi connectivity index (χ0v) is 13.1. The van der Waals surface area contributed by atoms with Crippen LogP contribution in [0.15, 0.2) is 30.3 Å². The third kappa shape index (κ3) is 7.34. The number of rotatable bonds is 5. The third-order valence-corrected chi connectivity index (χ3v) is 2.67. The van der Waals surface area contributed by atoms with Crippen LogP contribution in [0.4, 0.5) is 4.79 Å². The molecule has 0 aliphatic heterocycles. The molecule has 1 aromatic rings. The number of carbonyl (C=O) groups is 1. The highest BCUT2D eigenvalue weighted by Gasteiger charge is 2.19. The first-order valence-electron chi connectivity index (χ1n) is 7.12. The highest BCUT2D eigenvalue weighted by Crippen LogP contribution is 2.07. The molecule has 1 rings (SSSR count). The second kappa shape index (κ2) is 7.67. The van der Waals surface area contributed by atoms with Crippen molar-refractivity contribution in [1.29, 1.82) is 0 Å². The van der Waals surface area contributed by atoms with Crippen LogP contribution in [0.2, 0.25) is 0 Å². The van der Waals surface area contributed by atoms with Crippen LogP contribution in [0.25, 0.3) is 0 Å². The summed E-state index contributed by atoms with van der Waals surface area (Å²) in [6.45, 7) is 7.55. The van der Waals surface area contributed by atoms with Crippen LogP contribution in [-0.2, 0) is 11.3 Å². The summed E-state index contributed by atoms with van der Waals surface area (Å²) in [6.07, 6.45) is 1.57.